The van der Waals surface area contributed by atoms with Gasteiger partial charge < -0.3 is 10.6 Å². The molecule has 0 saturated heterocycles. The topological polar surface area (TPSA) is 46.3 Å². The molecular weight excluding hydrogens is 231 g/mol. The van der Waals surface area contributed by atoms with Crippen LogP contribution in [-0.2, 0) is 0 Å². The van der Waals surface area contributed by atoms with Crippen LogP contribution in [0, 0.1) is 12.7 Å². The lowest BCUT2D eigenvalue weighted by Gasteiger charge is -2.22. The zero-order valence-electron chi connectivity index (χ0n) is 11.1. The second-order valence-electron chi connectivity index (χ2n) is 4.39. The Bertz CT molecular complexity index is 407. The second kappa shape index (κ2) is 7.11. The third-order valence-electron chi connectivity index (χ3n) is 2.83. The van der Waals surface area contributed by atoms with Crippen molar-refractivity contribution in [3.05, 3.63) is 35.1 Å². The predicted molar refractivity (Wildman–Crippen MR) is 71.0 cm³/mol. The van der Waals surface area contributed by atoms with Gasteiger partial charge in [-0.3, -0.25) is 4.79 Å². The Morgan fingerprint density at radius 2 is 2.11 bits per heavy atom. The number of aryl methyl sites for hydroxylation is 1. The standard InChI is InChI=1S/C14H21FN2O/c1-3-8-17(9-4-7-16)14(18)13-6-5-12(15)10-11(13)2/h5-6,10H,3-4,7-9,16H2,1-2H3. The maximum Gasteiger partial charge on any atom is 0.254 e. The SMILES string of the molecule is CCCN(CCCN)C(=O)c1ccc(F)cc1C. The Morgan fingerprint density at radius 3 is 2.67 bits per heavy atom. The van der Waals surface area contributed by atoms with E-state index in [-0.39, 0.29) is 11.7 Å². The molecule has 0 aliphatic heterocycles. The van der Waals surface area contributed by atoms with E-state index in [0.717, 1.165) is 12.8 Å². The summed E-state index contributed by atoms with van der Waals surface area (Å²) in [5.41, 5.74) is 6.72. The molecule has 18 heavy (non-hydrogen) atoms. The molecule has 1 rings (SSSR count). The van der Waals surface area contributed by atoms with Crippen molar-refractivity contribution in [2.45, 2.75) is 26.7 Å². The molecule has 0 fully saturated rings. The molecule has 0 unspecified atom stereocenters. The summed E-state index contributed by atoms with van der Waals surface area (Å²) in [7, 11) is 0. The fourth-order valence-electron chi connectivity index (χ4n) is 1.90. The van der Waals surface area contributed by atoms with E-state index in [1.165, 1.54) is 12.1 Å². The van der Waals surface area contributed by atoms with E-state index in [4.69, 9.17) is 5.73 Å². The molecule has 0 atom stereocenters. The summed E-state index contributed by atoms with van der Waals surface area (Å²) in [6.07, 6.45) is 1.68. The number of nitrogens with zero attached hydrogens (tertiary/aromatic N) is 1. The molecule has 0 bridgehead atoms. The van der Waals surface area contributed by atoms with E-state index in [1.807, 2.05) is 6.92 Å². The van der Waals surface area contributed by atoms with Gasteiger partial charge in [0.25, 0.3) is 5.91 Å². The lowest BCUT2D eigenvalue weighted by molar-refractivity contribution is 0.0754. The molecule has 0 heterocycles. The van der Waals surface area contributed by atoms with Crippen molar-refractivity contribution in [1.82, 2.24) is 4.90 Å². The summed E-state index contributed by atoms with van der Waals surface area (Å²) in [6.45, 7) is 5.70. The summed E-state index contributed by atoms with van der Waals surface area (Å²) in [5.74, 6) is -0.351. The molecule has 1 amide bonds. The van der Waals surface area contributed by atoms with Crippen LogP contribution in [-0.4, -0.2) is 30.4 Å². The Kier molecular flexibility index (Phi) is 5.78. The Balaban J connectivity index is 2.87. The number of nitrogens with two attached hydrogens (primary N) is 1. The molecule has 1 aromatic carbocycles. The summed E-state index contributed by atoms with van der Waals surface area (Å²) in [5, 5.41) is 0. The molecule has 100 valence electrons. The maximum atomic E-state index is 13.0. The van der Waals surface area contributed by atoms with E-state index in [0.29, 0.717) is 30.8 Å². The van der Waals surface area contributed by atoms with Gasteiger partial charge in [-0.05, 0) is 50.1 Å². The molecule has 2 N–H and O–H groups in total. The minimum atomic E-state index is -0.312. The van der Waals surface area contributed by atoms with Crippen molar-refractivity contribution in [2.75, 3.05) is 19.6 Å². The number of carbonyl (C=O) groups excluding carboxylic acids is 1. The van der Waals surface area contributed by atoms with Crippen LogP contribution in [0.1, 0.15) is 35.7 Å². The molecule has 0 saturated carbocycles. The van der Waals surface area contributed by atoms with E-state index < -0.39 is 0 Å². The first-order valence-corrected chi connectivity index (χ1v) is 6.35. The average molecular weight is 252 g/mol. The maximum absolute atomic E-state index is 13.0. The fourth-order valence-corrected chi connectivity index (χ4v) is 1.90. The minimum Gasteiger partial charge on any atom is -0.339 e. The Hall–Kier alpha value is -1.42. The summed E-state index contributed by atoms with van der Waals surface area (Å²) in [4.78, 5) is 14.1. The number of carbonyl (C=O) groups is 1. The second-order valence-corrected chi connectivity index (χ2v) is 4.39. The molecule has 0 radical (unpaired) electrons. The van der Waals surface area contributed by atoms with Gasteiger partial charge in [0.15, 0.2) is 0 Å². The number of rotatable bonds is 6. The zero-order valence-corrected chi connectivity index (χ0v) is 11.1. The molecule has 0 aliphatic carbocycles. The number of amides is 1. The van der Waals surface area contributed by atoms with Gasteiger partial charge in [0.1, 0.15) is 5.82 Å². The van der Waals surface area contributed by atoms with Gasteiger partial charge >= 0.3 is 0 Å². The largest absolute Gasteiger partial charge is 0.339 e. The number of halogens is 1. The Labute approximate surface area is 108 Å². The summed E-state index contributed by atoms with van der Waals surface area (Å²) in [6, 6.07) is 4.27. The highest BCUT2D eigenvalue weighted by Crippen LogP contribution is 2.13. The monoisotopic (exact) mass is 252 g/mol. The lowest BCUT2D eigenvalue weighted by Crippen LogP contribution is -2.34. The quantitative estimate of drug-likeness (QED) is 0.844. The summed E-state index contributed by atoms with van der Waals surface area (Å²) >= 11 is 0. The van der Waals surface area contributed by atoms with Gasteiger partial charge in [-0.15, -0.1) is 0 Å². The third kappa shape index (κ3) is 3.81. The zero-order chi connectivity index (χ0) is 13.5. The normalized spacial score (nSPS) is 10.4. The number of hydrogen-bond acceptors (Lipinski definition) is 2. The first kappa shape index (κ1) is 14.6. The van der Waals surface area contributed by atoms with Crippen molar-refractivity contribution >= 4 is 5.91 Å². The molecular formula is C14H21FN2O. The van der Waals surface area contributed by atoms with Crippen LogP contribution in [0.4, 0.5) is 4.39 Å². The van der Waals surface area contributed by atoms with Crippen LogP contribution in [0.2, 0.25) is 0 Å². The van der Waals surface area contributed by atoms with Gasteiger partial charge in [0.2, 0.25) is 0 Å². The highest BCUT2D eigenvalue weighted by Gasteiger charge is 2.16. The number of hydrogen-bond donors (Lipinski definition) is 1. The molecule has 0 aliphatic rings. The average Bonchev–Trinajstić information content (AvgIpc) is 2.33. The van der Waals surface area contributed by atoms with Gasteiger partial charge in [-0.1, -0.05) is 6.92 Å². The van der Waals surface area contributed by atoms with E-state index >= 15 is 0 Å². The lowest BCUT2D eigenvalue weighted by atomic mass is 10.1. The Morgan fingerprint density at radius 1 is 1.39 bits per heavy atom. The van der Waals surface area contributed by atoms with Crippen LogP contribution >= 0.6 is 0 Å². The molecule has 3 nitrogen and oxygen atoms in total. The van der Waals surface area contributed by atoms with Crippen molar-refractivity contribution in [1.29, 1.82) is 0 Å². The van der Waals surface area contributed by atoms with Crippen molar-refractivity contribution < 1.29 is 9.18 Å². The van der Waals surface area contributed by atoms with Gasteiger partial charge in [0.05, 0.1) is 0 Å². The minimum absolute atomic E-state index is 0.0391. The van der Waals surface area contributed by atoms with E-state index in [2.05, 4.69) is 0 Å². The van der Waals surface area contributed by atoms with E-state index in [1.54, 1.807) is 17.9 Å². The van der Waals surface area contributed by atoms with Crippen LogP contribution in [0.15, 0.2) is 18.2 Å². The van der Waals surface area contributed by atoms with Crippen LogP contribution in [0.5, 0.6) is 0 Å². The van der Waals surface area contributed by atoms with Gasteiger partial charge in [-0.2, -0.15) is 0 Å². The van der Waals surface area contributed by atoms with E-state index in [9.17, 15) is 9.18 Å². The fraction of sp³-hybridized carbons (Fsp3) is 0.500. The highest BCUT2D eigenvalue weighted by atomic mass is 19.1. The highest BCUT2D eigenvalue weighted by molar-refractivity contribution is 5.95. The van der Waals surface area contributed by atoms with Gasteiger partial charge in [-0.25, -0.2) is 4.39 Å². The first-order chi connectivity index (χ1) is 8.60. The molecule has 4 heteroatoms. The van der Waals surface area contributed by atoms with Crippen LogP contribution in [0.3, 0.4) is 0 Å². The van der Waals surface area contributed by atoms with Crippen LogP contribution < -0.4 is 5.73 Å². The summed E-state index contributed by atoms with van der Waals surface area (Å²) < 4.78 is 13.0. The van der Waals surface area contributed by atoms with Crippen molar-refractivity contribution in [3.63, 3.8) is 0 Å². The predicted octanol–water partition coefficient (Wildman–Crippen LogP) is 2.34. The van der Waals surface area contributed by atoms with Crippen LogP contribution in [0.25, 0.3) is 0 Å². The first-order valence-electron chi connectivity index (χ1n) is 6.35. The third-order valence-corrected chi connectivity index (χ3v) is 2.83. The molecule has 1 aromatic rings. The smallest absolute Gasteiger partial charge is 0.254 e. The molecule has 0 spiro atoms. The molecule has 0 aromatic heterocycles. The van der Waals surface area contributed by atoms with Crippen molar-refractivity contribution in [2.24, 2.45) is 5.73 Å². The van der Waals surface area contributed by atoms with Crippen molar-refractivity contribution in [3.8, 4) is 0 Å². The van der Waals surface area contributed by atoms with Gasteiger partial charge in [0, 0.05) is 18.7 Å². The number of benzene rings is 1.